The van der Waals surface area contributed by atoms with Crippen molar-refractivity contribution in [2.75, 3.05) is 5.73 Å². The fraction of sp³-hybridized carbons (Fsp3) is 0. The van der Waals surface area contributed by atoms with Gasteiger partial charge < -0.3 is 15.8 Å². The Kier molecular flexibility index (Phi) is 3.64. The minimum Gasteiger partial charge on any atom is -0.423 e. The Morgan fingerprint density at radius 1 is 1.04 bits per heavy atom. The van der Waals surface area contributed by atoms with Gasteiger partial charge in [-0.25, -0.2) is 4.98 Å². The summed E-state index contributed by atoms with van der Waals surface area (Å²) in [6.07, 6.45) is 2.92. The molecular formula is C16H13BN6O2. The van der Waals surface area contributed by atoms with Crippen LogP contribution in [-0.4, -0.2) is 42.5 Å². The van der Waals surface area contributed by atoms with E-state index in [-0.39, 0.29) is 0 Å². The Bertz CT molecular complexity index is 1050. The Morgan fingerprint density at radius 2 is 1.92 bits per heavy atom. The lowest BCUT2D eigenvalue weighted by molar-refractivity contribution is 0.426. The number of hydrogen-bond acceptors (Lipinski definition) is 7. The number of aromatic amines is 1. The smallest absolute Gasteiger partial charge is 0.423 e. The maximum atomic E-state index is 9.51. The molecule has 0 spiro atoms. The zero-order chi connectivity index (χ0) is 17.4. The molecule has 0 unspecified atom stereocenters. The number of hydrogen-bond donors (Lipinski definition) is 4. The number of nitrogens with one attached hydrogen (secondary N) is 1. The zero-order valence-electron chi connectivity index (χ0n) is 13.0. The van der Waals surface area contributed by atoms with E-state index in [2.05, 4.69) is 25.4 Å². The summed E-state index contributed by atoms with van der Waals surface area (Å²) in [7, 11) is -1.57. The molecule has 0 saturated heterocycles. The molecular weight excluding hydrogens is 319 g/mol. The number of H-pyrrole nitrogens is 1. The normalized spacial score (nSPS) is 11.0. The van der Waals surface area contributed by atoms with Crippen LogP contribution in [0.25, 0.3) is 33.4 Å². The van der Waals surface area contributed by atoms with Crippen LogP contribution in [0.2, 0.25) is 0 Å². The van der Waals surface area contributed by atoms with Gasteiger partial charge in [0.2, 0.25) is 0 Å². The molecule has 2 aromatic heterocycles. The maximum absolute atomic E-state index is 9.51. The molecule has 2 aromatic carbocycles. The quantitative estimate of drug-likeness (QED) is 0.398. The van der Waals surface area contributed by atoms with E-state index in [1.807, 2.05) is 18.2 Å². The van der Waals surface area contributed by atoms with Crippen LogP contribution in [0.1, 0.15) is 0 Å². The van der Waals surface area contributed by atoms with Gasteiger partial charge in [0.25, 0.3) is 0 Å². The van der Waals surface area contributed by atoms with Crippen molar-refractivity contribution in [3.05, 3.63) is 48.9 Å². The van der Waals surface area contributed by atoms with E-state index >= 15 is 0 Å². The molecule has 25 heavy (non-hydrogen) atoms. The summed E-state index contributed by atoms with van der Waals surface area (Å²) in [5, 5.41) is 34.5. The topological polar surface area (TPSA) is 134 Å². The third-order valence-corrected chi connectivity index (χ3v) is 3.99. The fourth-order valence-corrected chi connectivity index (χ4v) is 2.75. The number of nitrogen functional groups attached to an aromatic ring is 1. The van der Waals surface area contributed by atoms with Gasteiger partial charge >= 0.3 is 7.12 Å². The number of anilines is 1. The lowest BCUT2D eigenvalue weighted by atomic mass is 9.78. The number of rotatable bonds is 3. The first kappa shape index (κ1) is 15.2. The van der Waals surface area contributed by atoms with Crippen molar-refractivity contribution in [3.8, 4) is 22.5 Å². The molecule has 0 saturated carbocycles. The first-order valence-corrected chi connectivity index (χ1v) is 7.50. The molecule has 0 aliphatic heterocycles. The number of nitrogens with two attached hydrogens (primary N) is 1. The molecule has 0 aliphatic rings. The van der Waals surface area contributed by atoms with E-state index in [1.54, 1.807) is 18.2 Å². The monoisotopic (exact) mass is 332 g/mol. The van der Waals surface area contributed by atoms with Gasteiger partial charge in [-0.2, -0.15) is 15.3 Å². The van der Waals surface area contributed by atoms with Crippen molar-refractivity contribution in [1.29, 1.82) is 0 Å². The van der Waals surface area contributed by atoms with Crippen molar-refractivity contribution in [2.45, 2.75) is 0 Å². The van der Waals surface area contributed by atoms with Crippen LogP contribution in [0.3, 0.4) is 0 Å². The SMILES string of the molecule is Nc1cnnc2cc(-c3cc(B(O)O)ccc3-c3ncn[nH]3)ccc12. The Hall–Kier alpha value is -3.30. The molecule has 5 N–H and O–H groups in total. The van der Waals surface area contributed by atoms with Crippen LogP contribution >= 0.6 is 0 Å². The standard InChI is InChI=1S/C16H13BN6O2/c18-14-7-20-22-15-5-9(1-3-12(14)15)13-6-10(17(24)25)2-4-11(13)16-19-8-21-23-16/h1-8,24-25H,(H2,18,22)(H,19,21,23). The van der Waals surface area contributed by atoms with Gasteiger partial charge in [-0.15, -0.1) is 0 Å². The minimum absolute atomic E-state index is 0.372. The van der Waals surface area contributed by atoms with Crippen molar-refractivity contribution < 1.29 is 10.0 Å². The van der Waals surface area contributed by atoms with Gasteiger partial charge in [0.1, 0.15) is 6.33 Å². The first-order valence-electron chi connectivity index (χ1n) is 7.50. The second kappa shape index (κ2) is 5.97. The summed E-state index contributed by atoms with van der Waals surface area (Å²) in [5.41, 5.74) is 9.85. The molecule has 0 aliphatic carbocycles. The third-order valence-electron chi connectivity index (χ3n) is 3.99. The third kappa shape index (κ3) is 2.71. The van der Waals surface area contributed by atoms with Crippen LogP contribution in [0.4, 0.5) is 5.69 Å². The lowest BCUT2D eigenvalue weighted by Gasteiger charge is -2.11. The van der Waals surface area contributed by atoms with Gasteiger partial charge in [0, 0.05) is 10.9 Å². The van der Waals surface area contributed by atoms with Crippen molar-refractivity contribution >= 4 is 29.2 Å². The summed E-state index contributed by atoms with van der Waals surface area (Å²) in [4.78, 5) is 4.18. The first-order chi connectivity index (χ1) is 12.1. The largest absolute Gasteiger partial charge is 0.488 e. The average molecular weight is 332 g/mol. The fourth-order valence-electron chi connectivity index (χ4n) is 2.75. The highest BCUT2D eigenvalue weighted by molar-refractivity contribution is 6.58. The van der Waals surface area contributed by atoms with E-state index in [1.165, 1.54) is 12.5 Å². The van der Waals surface area contributed by atoms with Gasteiger partial charge in [-0.3, -0.25) is 5.10 Å². The van der Waals surface area contributed by atoms with Gasteiger partial charge in [-0.1, -0.05) is 24.3 Å². The molecule has 9 heteroatoms. The van der Waals surface area contributed by atoms with Gasteiger partial charge in [0.05, 0.1) is 17.4 Å². The van der Waals surface area contributed by atoms with Gasteiger partial charge in [0.15, 0.2) is 5.82 Å². The van der Waals surface area contributed by atoms with E-state index < -0.39 is 7.12 Å². The van der Waals surface area contributed by atoms with Crippen LogP contribution in [0, 0.1) is 0 Å². The maximum Gasteiger partial charge on any atom is 0.488 e. The summed E-state index contributed by atoms with van der Waals surface area (Å²) in [6.45, 7) is 0. The Morgan fingerprint density at radius 3 is 2.68 bits per heavy atom. The number of aromatic nitrogens is 5. The number of benzene rings is 2. The Labute approximate surface area is 142 Å². The summed E-state index contributed by atoms with van der Waals surface area (Å²) < 4.78 is 0. The van der Waals surface area contributed by atoms with Crippen molar-refractivity contribution in [2.24, 2.45) is 0 Å². The van der Waals surface area contributed by atoms with Crippen molar-refractivity contribution in [3.63, 3.8) is 0 Å². The molecule has 8 nitrogen and oxygen atoms in total. The van der Waals surface area contributed by atoms with Crippen LogP contribution in [-0.2, 0) is 0 Å². The van der Waals surface area contributed by atoms with E-state index in [4.69, 9.17) is 5.73 Å². The molecule has 0 bridgehead atoms. The van der Waals surface area contributed by atoms with Crippen molar-refractivity contribution in [1.82, 2.24) is 25.4 Å². The van der Waals surface area contributed by atoms with Crippen LogP contribution < -0.4 is 11.2 Å². The number of fused-ring (bicyclic) bond motifs is 1. The molecule has 122 valence electrons. The molecule has 4 rings (SSSR count). The van der Waals surface area contributed by atoms with E-state index in [0.29, 0.717) is 22.5 Å². The molecule has 0 fully saturated rings. The highest BCUT2D eigenvalue weighted by Gasteiger charge is 2.17. The van der Waals surface area contributed by atoms with Crippen LogP contribution in [0.5, 0.6) is 0 Å². The average Bonchev–Trinajstić information content (AvgIpc) is 3.15. The molecule has 0 radical (unpaired) electrons. The number of nitrogens with zero attached hydrogens (tertiary/aromatic N) is 4. The zero-order valence-corrected chi connectivity index (χ0v) is 13.0. The Balaban J connectivity index is 1.95. The van der Waals surface area contributed by atoms with Crippen LogP contribution in [0.15, 0.2) is 48.9 Å². The van der Waals surface area contributed by atoms with Gasteiger partial charge in [-0.05, 0) is 28.7 Å². The molecule has 0 amide bonds. The predicted octanol–water partition coefficient (Wildman–Crippen LogP) is 0.344. The molecule has 0 atom stereocenters. The minimum atomic E-state index is -1.57. The van der Waals surface area contributed by atoms with E-state index in [0.717, 1.165) is 22.1 Å². The lowest BCUT2D eigenvalue weighted by Crippen LogP contribution is -2.29. The molecule has 2 heterocycles. The second-order valence-electron chi connectivity index (χ2n) is 5.54. The second-order valence-corrected chi connectivity index (χ2v) is 5.54. The predicted molar refractivity (Wildman–Crippen MR) is 94.6 cm³/mol. The highest BCUT2D eigenvalue weighted by Crippen LogP contribution is 2.31. The highest BCUT2D eigenvalue weighted by atomic mass is 16.4. The molecule has 4 aromatic rings. The summed E-state index contributed by atoms with van der Waals surface area (Å²) in [5.74, 6) is 0.577. The van der Waals surface area contributed by atoms with E-state index in [9.17, 15) is 10.0 Å². The summed E-state index contributed by atoms with van der Waals surface area (Å²) >= 11 is 0. The summed E-state index contributed by atoms with van der Waals surface area (Å²) in [6, 6.07) is 10.7.